The van der Waals surface area contributed by atoms with Crippen LogP contribution in [0.5, 0.6) is 5.75 Å². The van der Waals surface area contributed by atoms with Crippen molar-refractivity contribution >= 4 is 40.7 Å². The normalized spacial score (nSPS) is 20.4. The molecule has 0 bridgehead atoms. The first-order chi connectivity index (χ1) is 17.3. The van der Waals surface area contributed by atoms with E-state index in [2.05, 4.69) is 18.7 Å². The van der Waals surface area contributed by atoms with Crippen LogP contribution in [0.2, 0.25) is 10.0 Å². The number of hydrogen-bond donors (Lipinski definition) is 1. The highest BCUT2D eigenvalue weighted by Gasteiger charge is 2.46. The van der Waals surface area contributed by atoms with Gasteiger partial charge in [-0.25, -0.2) is 0 Å². The number of hydrogen-bond acceptors (Lipinski definition) is 6. The van der Waals surface area contributed by atoms with E-state index in [9.17, 15) is 14.7 Å². The number of ether oxygens (including phenoxy) is 2. The second-order valence-electron chi connectivity index (χ2n) is 9.35. The molecule has 2 aliphatic rings. The van der Waals surface area contributed by atoms with Gasteiger partial charge >= 0.3 is 0 Å². The summed E-state index contributed by atoms with van der Waals surface area (Å²) in [5, 5.41) is 11.9. The zero-order valence-electron chi connectivity index (χ0n) is 20.4. The van der Waals surface area contributed by atoms with Gasteiger partial charge in [0.05, 0.1) is 41.5 Å². The first-order valence-corrected chi connectivity index (χ1v) is 12.8. The van der Waals surface area contributed by atoms with Gasteiger partial charge in [0, 0.05) is 31.7 Å². The van der Waals surface area contributed by atoms with E-state index in [0.29, 0.717) is 65.7 Å². The van der Waals surface area contributed by atoms with Crippen molar-refractivity contribution in [1.82, 2.24) is 9.80 Å². The van der Waals surface area contributed by atoms with E-state index >= 15 is 0 Å². The van der Waals surface area contributed by atoms with Crippen molar-refractivity contribution in [3.8, 4) is 5.75 Å². The molecule has 2 saturated heterocycles. The Balaban J connectivity index is 1.69. The second-order valence-corrected chi connectivity index (χ2v) is 10.2. The third-order valence-corrected chi connectivity index (χ3v) is 7.01. The van der Waals surface area contributed by atoms with Crippen LogP contribution in [0.1, 0.15) is 31.0 Å². The molecule has 192 valence electrons. The van der Waals surface area contributed by atoms with E-state index in [-0.39, 0.29) is 11.3 Å². The number of ketones is 1. The Labute approximate surface area is 221 Å². The first kappa shape index (κ1) is 26.5. The third-order valence-electron chi connectivity index (χ3n) is 6.27. The highest BCUT2D eigenvalue weighted by molar-refractivity contribution is 6.46. The molecule has 0 aromatic heterocycles. The standard InChI is InChI=1S/C27H30Cl2N2O5/c1-17(2)16-36-20-6-3-18(4-7-20)25(32)23-24(19-5-8-21(28)22(29)15-19)31(27(34)26(23)33)10-9-30-11-13-35-14-12-30/h3-8,15,17,24,32H,9-14,16H2,1-2H3/b25-23+. The summed E-state index contributed by atoms with van der Waals surface area (Å²) >= 11 is 12.4. The SMILES string of the molecule is CC(C)COc1ccc(/C(O)=C2\C(=O)C(=O)N(CCN3CCOCC3)C2c2ccc(Cl)c(Cl)c2)cc1. The van der Waals surface area contributed by atoms with Gasteiger partial charge in [-0.05, 0) is 47.9 Å². The van der Waals surface area contributed by atoms with E-state index in [1.54, 1.807) is 42.5 Å². The Bertz CT molecular complexity index is 1140. The van der Waals surface area contributed by atoms with Gasteiger partial charge in [-0.3, -0.25) is 14.5 Å². The van der Waals surface area contributed by atoms with E-state index in [4.69, 9.17) is 32.7 Å². The van der Waals surface area contributed by atoms with Gasteiger partial charge in [-0.2, -0.15) is 0 Å². The Kier molecular flexibility index (Phi) is 8.57. The van der Waals surface area contributed by atoms with Crippen molar-refractivity contribution in [3.05, 3.63) is 69.2 Å². The highest BCUT2D eigenvalue weighted by atomic mass is 35.5. The lowest BCUT2D eigenvalue weighted by Crippen LogP contribution is -2.42. The molecule has 2 fully saturated rings. The summed E-state index contributed by atoms with van der Waals surface area (Å²) < 4.78 is 11.1. The van der Waals surface area contributed by atoms with Gasteiger partial charge < -0.3 is 19.5 Å². The number of carbonyl (C=O) groups is 2. The lowest BCUT2D eigenvalue weighted by atomic mass is 9.95. The van der Waals surface area contributed by atoms with Crippen molar-refractivity contribution < 1.29 is 24.2 Å². The lowest BCUT2D eigenvalue weighted by molar-refractivity contribution is -0.140. The maximum atomic E-state index is 13.2. The minimum absolute atomic E-state index is 0.0243. The Morgan fingerprint density at radius 1 is 1.06 bits per heavy atom. The molecule has 1 amide bonds. The number of morpholine rings is 1. The van der Waals surface area contributed by atoms with Crippen LogP contribution in [0.3, 0.4) is 0 Å². The van der Waals surface area contributed by atoms with Crippen LogP contribution in [-0.2, 0) is 14.3 Å². The summed E-state index contributed by atoms with van der Waals surface area (Å²) in [6.45, 7) is 8.35. The fourth-order valence-electron chi connectivity index (χ4n) is 4.34. The van der Waals surface area contributed by atoms with Crippen molar-refractivity contribution in [3.63, 3.8) is 0 Å². The molecule has 0 aliphatic carbocycles. The van der Waals surface area contributed by atoms with Crippen LogP contribution >= 0.6 is 23.2 Å². The van der Waals surface area contributed by atoms with Crippen LogP contribution in [0.4, 0.5) is 0 Å². The summed E-state index contributed by atoms with van der Waals surface area (Å²) in [5.41, 5.74) is 1.04. The lowest BCUT2D eigenvalue weighted by Gasteiger charge is -2.31. The van der Waals surface area contributed by atoms with Crippen molar-refractivity contribution in [2.24, 2.45) is 5.92 Å². The molecule has 1 N–H and O–H groups in total. The van der Waals surface area contributed by atoms with Crippen molar-refractivity contribution in [1.29, 1.82) is 0 Å². The van der Waals surface area contributed by atoms with Gasteiger partial charge in [-0.15, -0.1) is 0 Å². The number of likely N-dealkylation sites (tertiary alicyclic amines) is 1. The van der Waals surface area contributed by atoms with E-state index in [1.165, 1.54) is 4.90 Å². The molecular weight excluding hydrogens is 503 g/mol. The molecule has 0 saturated carbocycles. The Morgan fingerprint density at radius 3 is 2.39 bits per heavy atom. The molecular formula is C27H30Cl2N2O5. The first-order valence-electron chi connectivity index (χ1n) is 12.0. The Hall–Kier alpha value is -2.58. The summed E-state index contributed by atoms with van der Waals surface area (Å²) in [4.78, 5) is 30.1. The minimum atomic E-state index is -0.794. The number of benzene rings is 2. The fourth-order valence-corrected chi connectivity index (χ4v) is 4.65. The maximum absolute atomic E-state index is 13.2. The number of nitrogens with zero attached hydrogens (tertiary/aromatic N) is 2. The minimum Gasteiger partial charge on any atom is -0.507 e. The van der Waals surface area contributed by atoms with Gasteiger partial charge in [-0.1, -0.05) is 43.1 Å². The predicted molar refractivity (Wildman–Crippen MR) is 140 cm³/mol. The van der Waals surface area contributed by atoms with Crippen LogP contribution < -0.4 is 4.74 Å². The molecule has 1 atom stereocenters. The number of aliphatic hydroxyl groups is 1. The van der Waals surface area contributed by atoms with Gasteiger partial charge in [0.15, 0.2) is 0 Å². The zero-order chi connectivity index (χ0) is 25.8. The molecule has 2 heterocycles. The van der Waals surface area contributed by atoms with Crippen LogP contribution in [0.25, 0.3) is 5.76 Å². The number of aliphatic hydroxyl groups excluding tert-OH is 1. The fraction of sp³-hybridized carbons (Fsp3) is 0.407. The molecule has 2 aliphatic heterocycles. The van der Waals surface area contributed by atoms with Gasteiger partial charge in [0.2, 0.25) is 0 Å². The molecule has 4 rings (SSSR count). The smallest absolute Gasteiger partial charge is 0.295 e. The number of amides is 1. The number of carbonyl (C=O) groups excluding carboxylic acids is 2. The largest absolute Gasteiger partial charge is 0.507 e. The highest BCUT2D eigenvalue weighted by Crippen LogP contribution is 2.41. The summed E-state index contributed by atoms with van der Waals surface area (Å²) in [6, 6.07) is 11.0. The number of Topliss-reactive ketones (excluding diaryl/α,β-unsaturated/α-hetero) is 1. The van der Waals surface area contributed by atoms with E-state index in [0.717, 1.165) is 13.1 Å². The quantitative estimate of drug-likeness (QED) is 0.299. The molecule has 1 unspecified atom stereocenters. The molecule has 9 heteroatoms. The van der Waals surface area contributed by atoms with E-state index in [1.807, 2.05) is 0 Å². The zero-order valence-corrected chi connectivity index (χ0v) is 21.9. The van der Waals surface area contributed by atoms with Crippen molar-refractivity contribution in [2.45, 2.75) is 19.9 Å². The monoisotopic (exact) mass is 532 g/mol. The second kappa shape index (κ2) is 11.6. The van der Waals surface area contributed by atoms with E-state index < -0.39 is 17.7 Å². The molecule has 36 heavy (non-hydrogen) atoms. The molecule has 2 aromatic rings. The molecule has 7 nitrogen and oxygen atoms in total. The summed E-state index contributed by atoms with van der Waals surface area (Å²) in [5.74, 6) is -0.595. The molecule has 0 spiro atoms. The third kappa shape index (κ3) is 5.86. The topological polar surface area (TPSA) is 79.3 Å². The van der Waals surface area contributed by atoms with Gasteiger partial charge in [0.25, 0.3) is 11.7 Å². The average molecular weight is 533 g/mol. The van der Waals surface area contributed by atoms with Crippen LogP contribution in [0, 0.1) is 5.92 Å². The summed E-state index contributed by atoms with van der Waals surface area (Å²) in [6.07, 6.45) is 0. The van der Waals surface area contributed by atoms with Gasteiger partial charge in [0.1, 0.15) is 11.5 Å². The average Bonchev–Trinajstić information content (AvgIpc) is 3.13. The molecule has 0 radical (unpaired) electrons. The Morgan fingerprint density at radius 2 is 1.75 bits per heavy atom. The van der Waals surface area contributed by atoms with Crippen LogP contribution in [0.15, 0.2) is 48.0 Å². The molecule has 2 aromatic carbocycles. The summed E-state index contributed by atoms with van der Waals surface area (Å²) in [7, 11) is 0. The van der Waals surface area contributed by atoms with Crippen molar-refractivity contribution in [2.75, 3.05) is 46.0 Å². The van der Waals surface area contributed by atoms with Crippen LogP contribution in [-0.4, -0.2) is 72.6 Å². The maximum Gasteiger partial charge on any atom is 0.295 e. The predicted octanol–water partition coefficient (Wildman–Crippen LogP) is 4.78. The number of halogens is 2. The number of rotatable bonds is 8.